The van der Waals surface area contributed by atoms with Crippen molar-refractivity contribution in [3.05, 3.63) is 29.8 Å². The van der Waals surface area contributed by atoms with Crippen LogP contribution in [0.2, 0.25) is 0 Å². The Bertz CT molecular complexity index is 443. The second-order valence-electron chi connectivity index (χ2n) is 5.62. The van der Waals surface area contributed by atoms with Crippen molar-refractivity contribution in [2.24, 2.45) is 5.73 Å². The number of nitrogens with zero attached hydrogens (tertiary/aromatic N) is 1. The third-order valence-electron chi connectivity index (χ3n) is 4.06. The van der Waals surface area contributed by atoms with Gasteiger partial charge in [-0.1, -0.05) is 18.6 Å². The van der Waals surface area contributed by atoms with Crippen LogP contribution in [0.5, 0.6) is 0 Å². The number of carbonyl (C=O) groups excluding carboxylic acids is 1. The summed E-state index contributed by atoms with van der Waals surface area (Å²) in [6.07, 6.45) is 5.47. The molecule has 0 radical (unpaired) electrons. The van der Waals surface area contributed by atoms with E-state index < -0.39 is 0 Å². The number of benzene rings is 1. The first-order valence-corrected chi connectivity index (χ1v) is 7.48. The van der Waals surface area contributed by atoms with E-state index in [2.05, 4.69) is 17.3 Å². The summed E-state index contributed by atoms with van der Waals surface area (Å²) in [6, 6.07) is 8.46. The van der Waals surface area contributed by atoms with Gasteiger partial charge in [0.05, 0.1) is 0 Å². The van der Waals surface area contributed by atoms with E-state index in [1.807, 2.05) is 24.3 Å². The summed E-state index contributed by atoms with van der Waals surface area (Å²) in [5.41, 5.74) is 7.46. The van der Waals surface area contributed by atoms with Crippen molar-refractivity contribution in [1.82, 2.24) is 4.90 Å². The van der Waals surface area contributed by atoms with Gasteiger partial charge in [0.2, 0.25) is 5.91 Å². The third-order valence-corrected chi connectivity index (χ3v) is 4.06. The van der Waals surface area contributed by atoms with E-state index in [1.54, 1.807) is 0 Å². The maximum atomic E-state index is 11.9. The van der Waals surface area contributed by atoms with Crippen molar-refractivity contribution < 1.29 is 4.79 Å². The molecule has 1 amide bonds. The molecule has 20 heavy (non-hydrogen) atoms. The first-order chi connectivity index (χ1) is 9.69. The van der Waals surface area contributed by atoms with Crippen molar-refractivity contribution in [3.63, 3.8) is 0 Å². The maximum absolute atomic E-state index is 11.9. The van der Waals surface area contributed by atoms with E-state index in [-0.39, 0.29) is 5.91 Å². The highest BCUT2D eigenvalue weighted by Gasteiger charge is 2.21. The zero-order valence-corrected chi connectivity index (χ0v) is 12.3. The van der Waals surface area contributed by atoms with Crippen molar-refractivity contribution >= 4 is 11.6 Å². The fraction of sp³-hybridized carbons (Fsp3) is 0.562. The van der Waals surface area contributed by atoms with Gasteiger partial charge in [0.15, 0.2) is 0 Å². The highest BCUT2D eigenvalue weighted by molar-refractivity contribution is 5.90. The summed E-state index contributed by atoms with van der Waals surface area (Å²) in [5.74, 6) is 0.0844. The topological polar surface area (TPSA) is 58.4 Å². The molecule has 0 aromatic heterocycles. The highest BCUT2D eigenvalue weighted by Crippen LogP contribution is 2.23. The summed E-state index contributed by atoms with van der Waals surface area (Å²) in [4.78, 5) is 14.3. The lowest BCUT2D eigenvalue weighted by Crippen LogP contribution is -2.37. The minimum Gasteiger partial charge on any atom is -0.326 e. The van der Waals surface area contributed by atoms with E-state index in [9.17, 15) is 4.79 Å². The van der Waals surface area contributed by atoms with Crippen LogP contribution in [0.25, 0.3) is 0 Å². The van der Waals surface area contributed by atoms with Crippen molar-refractivity contribution in [2.75, 3.05) is 18.9 Å². The predicted octanol–water partition coefficient (Wildman–Crippen LogP) is 2.35. The van der Waals surface area contributed by atoms with Crippen molar-refractivity contribution in [3.8, 4) is 0 Å². The molecule has 1 saturated carbocycles. The molecular weight excluding hydrogens is 250 g/mol. The molecule has 4 nitrogen and oxygen atoms in total. The second kappa shape index (κ2) is 7.41. The number of hydrogen-bond acceptors (Lipinski definition) is 3. The number of amides is 1. The van der Waals surface area contributed by atoms with E-state index >= 15 is 0 Å². The number of rotatable bonds is 7. The maximum Gasteiger partial charge on any atom is 0.224 e. The Kier molecular flexibility index (Phi) is 5.56. The average Bonchev–Trinajstić information content (AvgIpc) is 2.36. The number of nitrogens with one attached hydrogen (secondary N) is 1. The van der Waals surface area contributed by atoms with Gasteiger partial charge in [0.1, 0.15) is 0 Å². The Balaban J connectivity index is 1.69. The monoisotopic (exact) mass is 275 g/mol. The SMILES string of the molecule is CN(CCCC(=O)Nc1cccc(CN)c1)C1CCC1. The average molecular weight is 275 g/mol. The smallest absolute Gasteiger partial charge is 0.224 e. The van der Waals surface area contributed by atoms with Gasteiger partial charge >= 0.3 is 0 Å². The number of carbonyl (C=O) groups is 1. The van der Waals surface area contributed by atoms with Crippen LogP contribution in [0, 0.1) is 0 Å². The molecule has 1 aliphatic carbocycles. The van der Waals surface area contributed by atoms with Crippen LogP contribution in [0.3, 0.4) is 0 Å². The molecule has 0 spiro atoms. The number of hydrogen-bond donors (Lipinski definition) is 2. The molecule has 0 aliphatic heterocycles. The van der Waals surface area contributed by atoms with Crippen LogP contribution in [-0.2, 0) is 11.3 Å². The van der Waals surface area contributed by atoms with Gasteiger partial charge in [0.25, 0.3) is 0 Å². The molecule has 4 heteroatoms. The lowest BCUT2D eigenvalue weighted by atomic mass is 9.92. The highest BCUT2D eigenvalue weighted by atomic mass is 16.1. The Morgan fingerprint density at radius 3 is 2.90 bits per heavy atom. The Morgan fingerprint density at radius 1 is 1.45 bits per heavy atom. The first-order valence-electron chi connectivity index (χ1n) is 7.48. The van der Waals surface area contributed by atoms with Gasteiger partial charge in [-0.15, -0.1) is 0 Å². The lowest BCUT2D eigenvalue weighted by molar-refractivity contribution is -0.116. The normalized spacial score (nSPS) is 15.2. The van der Waals surface area contributed by atoms with Gasteiger partial charge in [0, 0.05) is 24.7 Å². The van der Waals surface area contributed by atoms with Crippen LogP contribution >= 0.6 is 0 Å². The molecule has 0 atom stereocenters. The molecule has 1 aliphatic rings. The Hall–Kier alpha value is -1.39. The zero-order chi connectivity index (χ0) is 14.4. The molecule has 0 unspecified atom stereocenters. The van der Waals surface area contributed by atoms with Crippen molar-refractivity contribution in [2.45, 2.75) is 44.7 Å². The first kappa shape index (κ1) is 15.0. The molecule has 0 heterocycles. The van der Waals surface area contributed by atoms with E-state index in [1.165, 1.54) is 19.3 Å². The molecule has 0 bridgehead atoms. The van der Waals surface area contributed by atoms with Crippen LogP contribution in [0.4, 0.5) is 5.69 Å². The van der Waals surface area contributed by atoms with Gasteiger partial charge in [-0.05, 0) is 50.6 Å². The molecule has 1 fully saturated rings. The minimum atomic E-state index is 0.0844. The second-order valence-corrected chi connectivity index (χ2v) is 5.62. The summed E-state index contributed by atoms with van der Waals surface area (Å²) < 4.78 is 0. The molecule has 2 rings (SSSR count). The standard InChI is InChI=1S/C16H25N3O/c1-19(15-7-3-8-15)10-4-9-16(20)18-14-6-2-5-13(11-14)12-17/h2,5-6,11,15H,3-4,7-10,12,17H2,1H3,(H,18,20). The van der Waals surface area contributed by atoms with Gasteiger partial charge in [-0.2, -0.15) is 0 Å². The molecular formula is C16H25N3O. The van der Waals surface area contributed by atoms with Crippen LogP contribution in [-0.4, -0.2) is 30.4 Å². The van der Waals surface area contributed by atoms with Crippen LogP contribution < -0.4 is 11.1 Å². The third kappa shape index (κ3) is 4.32. The quantitative estimate of drug-likeness (QED) is 0.803. The summed E-state index contributed by atoms with van der Waals surface area (Å²) >= 11 is 0. The molecule has 110 valence electrons. The van der Waals surface area contributed by atoms with E-state index in [4.69, 9.17) is 5.73 Å². The molecule has 1 aromatic rings. The fourth-order valence-electron chi connectivity index (χ4n) is 2.50. The van der Waals surface area contributed by atoms with Crippen LogP contribution in [0.1, 0.15) is 37.7 Å². The van der Waals surface area contributed by atoms with Crippen molar-refractivity contribution in [1.29, 1.82) is 0 Å². The summed E-state index contributed by atoms with van der Waals surface area (Å²) in [6.45, 7) is 1.50. The fourth-order valence-corrected chi connectivity index (χ4v) is 2.50. The van der Waals surface area contributed by atoms with Gasteiger partial charge in [-0.25, -0.2) is 0 Å². The Morgan fingerprint density at radius 2 is 2.25 bits per heavy atom. The summed E-state index contributed by atoms with van der Waals surface area (Å²) in [7, 11) is 2.16. The van der Waals surface area contributed by atoms with Gasteiger partial charge in [-0.3, -0.25) is 4.79 Å². The van der Waals surface area contributed by atoms with E-state index in [0.29, 0.717) is 13.0 Å². The largest absolute Gasteiger partial charge is 0.326 e. The van der Waals surface area contributed by atoms with Gasteiger partial charge < -0.3 is 16.0 Å². The lowest BCUT2D eigenvalue weighted by Gasteiger charge is -2.34. The number of nitrogens with two attached hydrogens (primary N) is 1. The minimum absolute atomic E-state index is 0.0844. The predicted molar refractivity (Wildman–Crippen MR) is 82.5 cm³/mol. The zero-order valence-electron chi connectivity index (χ0n) is 12.3. The molecule has 1 aromatic carbocycles. The number of anilines is 1. The Labute approximate surface area is 121 Å². The van der Waals surface area contributed by atoms with E-state index in [0.717, 1.165) is 30.3 Å². The summed E-state index contributed by atoms with van der Waals surface area (Å²) in [5, 5.41) is 2.93. The van der Waals surface area contributed by atoms with Crippen LogP contribution in [0.15, 0.2) is 24.3 Å². The molecule has 3 N–H and O–H groups in total. The molecule has 0 saturated heterocycles.